The Morgan fingerprint density at radius 3 is 2.57 bits per heavy atom. The van der Waals surface area contributed by atoms with Crippen LogP contribution < -0.4 is 5.32 Å². The minimum absolute atomic E-state index is 0.0335. The van der Waals surface area contributed by atoms with Gasteiger partial charge in [0.2, 0.25) is 0 Å². The average molecular weight is 304 g/mol. The molecule has 21 heavy (non-hydrogen) atoms. The fraction of sp³-hybridized carbons (Fsp3) is 0.562. The van der Waals surface area contributed by atoms with Gasteiger partial charge >= 0.3 is 0 Å². The first-order valence-electron chi connectivity index (χ1n) is 7.35. The second-order valence-corrected chi connectivity index (χ2v) is 7.74. The van der Waals surface area contributed by atoms with Gasteiger partial charge in [0.1, 0.15) is 10.7 Å². The summed E-state index contributed by atoms with van der Waals surface area (Å²) in [6, 6.07) is 0. The molecule has 0 radical (unpaired) electrons. The van der Waals surface area contributed by atoms with Crippen LogP contribution in [0.25, 0.3) is 10.7 Å². The quantitative estimate of drug-likeness (QED) is 0.916. The Morgan fingerprint density at radius 1 is 1.24 bits per heavy atom. The lowest BCUT2D eigenvalue weighted by atomic mass is 9.91. The summed E-state index contributed by atoms with van der Waals surface area (Å²) in [5, 5.41) is 4.47. The molecular formula is C16H24N4S. The summed E-state index contributed by atoms with van der Waals surface area (Å²) in [5.41, 5.74) is 2.04. The van der Waals surface area contributed by atoms with Crippen molar-refractivity contribution in [2.45, 2.75) is 46.6 Å². The van der Waals surface area contributed by atoms with Gasteiger partial charge in [-0.25, -0.2) is 4.98 Å². The summed E-state index contributed by atoms with van der Waals surface area (Å²) >= 11 is 1.72. The number of aromatic nitrogens is 3. The summed E-state index contributed by atoms with van der Waals surface area (Å²) < 4.78 is 0. The molecule has 0 aliphatic carbocycles. The smallest absolute Gasteiger partial charge is 0.144 e. The maximum Gasteiger partial charge on any atom is 0.144 e. The third kappa shape index (κ3) is 4.32. The minimum atomic E-state index is 0.0335. The van der Waals surface area contributed by atoms with Crippen LogP contribution in [-0.4, -0.2) is 21.5 Å². The number of nitrogens with zero attached hydrogens (tertiary/aromatic N) is 3. The predicted octanol–water partition coefficient (Wildman–Crippen LogP) is 3.64. The normalized spacial score (nSPS) is 12.1. The first-order chi connectivity index (χ1) is 9.88. The Balaban J connectivity index is 2.28. The SMILES string of the molecule is CC(C)CNCc1sc(-c2cnccn2)nc1C(C)(C)C. The van der Waals surface area contributed by atoms with Crippen molar-refractivity contribution in [3.05, 3.63) is 29.2 Å². The van der Waals surface area contributed by atoms with Crippen molar-refractivity contribution in [1.29, 1.82) is 0 Å². The van der Waals surface area contributed by atoms with Crippen molar-refractivity contribution in [1.82, 2.24) is 20.3 Å². The molecule has 114 valence electrons. The van der Waals surface area contributed by atoms with E-state index in [2.05, 4.69) is 49.9 Å². The zero-order valence-electron chi connectivity index (χ0n) is 13.5. The molecule has 0 aromatic carbocycles. The molecule has 2 aromatic rings. The van der Waals surface area contributed by atoms with Crippen LogP contribution in [0.3, 0.4) is 0 Å². The lowest BCUT2D eigenvalue weighted by molar-refractivity contribution is 0.535. The fourth-order valence-corrected chi connectivity index (χ4v) is 3.25. The summed E-state index contributed by atoms with van der Waals surface area (Å²) in [4.78, 5) is 14.6. The van der Waals surface area contributed by atoms with Gasteiger partial charge < -0.3 is 5.32 Å². The van der Waals surface area contributed by atoms with Crippen molar-refractivity contribution in [3.8, 4) is 10.7 Å². The molecule has 0 saturated heterocycles. The Labute approximate surface area is 131 Å². The van der Waals surface area contributed by atoms with Gasteiger partial charge in [0.15, 0.2) is 0 Å². The van der Waals surface area contributed by atoms with E-state index in [1.165, 1.54) is 4.88 Å². The second kappa shape index (κ2) is 6.62. The summed E-state index contributed by atoms with van der Waals surface area (Å²) in [6.45, 7) is 12.9. The highest BCUT2D eigenvalue weighted by Crippen LogP contribution is 2.33. The molecule has 0 bridgehead atoms. The van der Waals surface area contributed by atoms with Crippen LogP contribution in [-0.2, 0) is 12.0 Å². The average Bonchev–Trinajstić information content (AvgIpc) is 2.83. The van der Waals surface area contributed by atoms with Gasteiger partial charge in [0, 0.05) is 29.2 Å². The molecule has 1 N–H and O–H groups in total. The van der Waals surface area contributed by atoms with E-state index < -0.39 is 0 Å². The van der Waals surface area contributed by atoms with Gasteiger partial charge in [-0.3, -0.25) is 9.97 Å². The molecule has 2 heterocycles. The zero-order chi connectivity index (χ0) is 15.5. The number of hydrogen-bond acceptors (Lipinski definition) is 5. The maximum atomic E-state index is 4.83. The molecule has 2 aromatic heterocycles. The standard InChI is InChI=1S/C16H24N4S/c1-11(2)8-18-10-13-14(16(3,4)5)20-15(21-13)12-9-17-6-7-19-12/h6-7,9,11,18H,8,10H2,1-5H3. The van der Waals surface area contributed by atoms with Crippen molar-refractivity contribution >= 4 is 11.3 Å². The van der Waals surface area contributed by atoms with E-state index >= 15 is 0 Å². The molecule has 0 atom stereocenters. The van der Waals surface area contributed by atoms with E-state index in [-0.39, 0.29) is 5.41 Å². The van der Waals surface area contributed by atoms with Crippen LogP contribution in [0.4, 0.5) is 0 Å². The highest BCUT2D eigenvalue weighted by atomic mass is 32.1. The van der Waals surface area contributed by atoms with Crippen LogP contribution in [0.5, 0.6) is 0 Å². The first kappa shape index (κ1) is 16.0. The summed E-state index contributed by atoms with van der Waals surface area (Å²) in [7, 11) is 0. The minimum Gasteiger partial charge on any atom is -0.312 e. The van der Waals surface area contributed by atoms with E-state index in [4.69, 9.17) is 4.98 Å². The molecule has 0 aliphatic rings. The van der Waals surface area contributed by atoms with Crippen LogP contribution in [0.1, 0.15) is 45.2 Å². The van der Waals surface area contributed by atoms with Gasteiger partial charge in [0.25, 0.3) is 0 Å². The topological polar surface area (TPSA) is 50.7 Å². The fourth-order valence-electron chi connectivity index (χ4n) is 2.05. The largest absolute Gasteiger partial charge is 0.312 e. The molecule has 0 aliphatic heterocycles. The van der Waals surface area contributed by atoms with E-state index in [0.29, 0.717) is 5.92 Å². The van der Waals surface area contributed by atoms with Crippen molar-refractivity contribution < 1.29 is 0 Å². The first-order valence-corrected chi connectivity index (χ1v) is 8.17. The molecule has 4 nitrogen and oxygen atoms in total. The number of nitrogens with one attached hydrogen (secondary N) is 1. The van der Waals surface area contributed by atoms with E-state index in [0.717, 1.165) is 29.5 Å². The lowest BCUT2D eigenvalue weighted by Crippen LogP contribution is -2.21. The van der Waals surface area contributed by atoms with Crippen LogP contribution in [0.15, 0.2) is 18.6 Å². The molecule has 0 amide bonds. The van der Waals surface area contributed by atoms with Crippen molar-refractivity contribution in [3.63, 3.8) is 0 Å². The Morgan fingerprint density at radius 2 is 2.00 bits per heavy atom. The third-order valence-corrected chi connectivity index (χ3v) is 4.11. The van der Waals surface area contributed by atoms with E-state index in [1.807, 2.05) is 0 Å². The highest BCUT2D eigenvalue weighted by molar-refractivity contribution is 7.15. The molecule has 0 saturated carbocycles. The van der Waals surface area contributed by atoms with E-state index in [1.54, 1.807) is 29.9 Å². The van der Waals surface area contributed by atoms with Crippen LogP contribution in [0.2, 0.25) is 0 Å². The second-order valence-electron chi connectivity index (χ2n) is 6.66. The monoisotopic (exact) mass is 304 g/mol. The van der Waals surface area contributed by atoms with Gasteiger partial charge in [-0.1, -0.05) is 34.6 Å². The number of rotatable bonds is 5. The van der Waals surface area contributed by atoms with Gasteiger partial charge in [-0.15, -0.1) is 11.3 Å². The Bertz CT molecular complexity index is 570. The molecule has 0 fully saturated rings. The number of thiazole rings is 1. The number of hydrogen-bond donors (Lipinski definition) is 1. The molecule has 2 rings (SSSR count). The van der Waals surface area contributed by atoms with Crippen molar-refractivity contribution in [2.24, 2.45) is 5.92 Å². The van der Waals surface area contributed by atoms with Crippen molar-refractivity contribution in [2.75, 3.05) is 6.54 Å². The third-order valence-electron chi connectivity index (χ3n) is 3.03. The lowest BCUT2D eigenvalue weighted by Gasteiger charge is -2.18. The maximum absolute atomic E-state index is 4.83. The molecule has 5 heteroatoms. The van der Waals surface area contributed by atoms with Crippen LogP contribution >= 0.6 is 11.3 Å². The van der Waals surface area contributed by atoms with Crippen LogP contribution in [0, 0.1) is 5.92 Å². The summed E-state index contributed by atoms with van der Waals surface area (Å²) in [6.07, 6.45) is 5.17. The Kier molecular flexibility index (Phi) is 5.06. The Hall–Kier alpha value is -1.33. The van der Waals surface area contributed by atoms with Gasteiger partial charge in [0.05, 0.1) is 11.9 Å². The molecule has 0 spiro atoms. The van der Waals surface area contributed by atoms with E-state index in [9.17, 15) is 0 Å². The van der Waals surface area contributed by atoms with Gasteiger partial charge in [-0.2, -0.15) is 0 Å². The van der Waals surface area contributed by atoms with Gasteiger partial charge in [-0.05, 0) is 12.5 Å². The zero-order valence-corrected chi connectivity index (χ0v) is 14.3. The predicted molar refractivity (Wildman–Crippen MR) is 88.4 cm³/mol. The summed E-state index contributed by atoms with van der Waals surface area (Å²) in [5.74, 6) is 0.649. The highest BCUT2D eigenvalue weighted by Gasteiger charge is 2.23. The molecular weight excluding hydrogens is 280 g/mol. The molecule has 0 unspecified atom stereocenters.